The SMILES string of the molecule is COc1cccc2cc(-c3cc(=O)oc4cc(OCC(=O)OC(C)(C)C)ccc34)c(=O)oc12. The fraction of sp³-hybridized carbons (Fsp3) is 0.240. The van der Waals surface area contributed by atoms with E-state index in [9.17, 15) is 14.4 Å². The molecule has 0 unspecified atom stereocenters. The Labute approximate surface area is 188 Å². The van der Waals surface area contributed by atoms with E-state index in [1.54, 1.807) is 57.2 Å². The van der Waals surface area contributed by atoms with Crippen LogP contribution in [0.5, 0.6) is 11.5 Å². The maximum absolute atomic E-state index is 12.8. The van der Waals surface area contributed by atoms with Gasteiger partial charge in [-0.25, -0.2) is 14.4 Å². The maximum atomic E-state index is 12.8. The van der Waals surface area contributed by atoms with Crippen LogP contribution in [0.15, 0.2) is 67.0 Å². The van der Waals surface area contributed by atoms with Gasteiger partial charge < -0.3 is 23.0 Å². The number of para-hydroxylation sites is 1. The van der Waals surface area contributed by atoms with E-state index in [2.05, 4.69) is 0 Å². The van der Waals surface area contributed by atoms with Crippen LogP contribution in [0.3, 0.4) is 0 Å². The fourth-order valence-corrected chi connectivity index (χ4v) is 3.44. The number of hydrogen-bond donors (Lipinski definition) is 0. The van der Waals surface area contributed by atoms with Gasteiger partial charge in [-0.15, -0.1) is 0 Å². The van der Waals surface area contributed by atoms with Gasteiger partial charge in [0.15, 0.2) is 17.9 Å². The number of carbonyl (C=O) groups is 1. The first kappa shape index (κ1) is 22.1. The molecule has 2 heterocycles. The molecule has 4 aromatic rings. The van der Waals surface area contributed by atoms with Crippen molar-refractivity contribution >= 4 is 27.9 Å². The summed E-state index contributed by atoms with van der Waals surface area (Å²) in [5.41, 5.74) is -0.815. The predicted molar refractivity (Wildman–Crippen MR) is 122 cm³/mol. The third kappa shape index (κ3) is 4.74. The van der Waals surface area contributed by atoms with Gasteiger partial charge in [0.1, 0.15) is 16.9 Å². The average molecular weight is 450 g/mol. The molecule has 0 aliphatic rings. The van der Waals surface area contributed by atoms with E-state index in [0.717, 1.165) is 0 Å². The first-order chi connectivity index (χ1) is 15.6. The first-order valence-electron chi connectivity index (χ1n) is 10.2. The second-order valence-electron chi connectivity index (χ2n) is 8.34. The summed E-state index contributed by atoms with van der Waals surface area (Å²) in [7, 11) is 1.49. The lowest BCUT2D eigenvalue weighted by molar-refractivity contribution is -0.157. The Morgan fingerprint density at radius 3 is 2.48 bits per heavy atom. The number of carbonyl (C=O) groups excluding carboxylic acids is 1. The molecule has 8 heteroatoms. The van der Waals surface area contributed by atoms with Crippen molar-refractivity contribution in [3.63, 3.8) is 0 Å². The molecule has 0 atom stereocenters. The molecular formula is C25H22O8. The van der Waals surface area contributed by atoms with Crippen molar-refractivity contribution in [3.8, 4) is 22.6 Å². The zero-order valence-corrected chi connectivity index (χ0v) is 18.6. The Kier molecular flexibility index (Phi) is 5.68. The van der Waals surface area contributed by atoms with Crippen molar-refractivity contribution in [1.29, 1.82) is 0 Å². The summed E-state index contributed by atoms with van der Waals surface area (Å²) in [5.74, 6) is 0.214. The van der Waals surface area contributed by atoms with E-state index in [1.165, 1.54) is 19.2 Å². The second-order valence-corrected chi connectivity index (χ2v) is 8.34. The van der Waals surface area contributed by atoms with E-state index >= 15 is 0 Å². The van der Waals surface area contributed by atoms with Crippen LogP contribution in [-0.4, -0.2) is 25.3 Å². The minimum atomic E-state index is -0.646. The predicted octanol–water partition coefficient (Wildman–Crippen LogP) is 4.30. The highest BCUT2D eigenvalue weighted by molar-refractivity contribution is 5.96. The van der Waals surface area contributed by atoms with Crippen molar-refractivity contribution < 1.29 is 27.8 Å². The van der Waals surface area contributed by atoms with Crippen LogP contribution in [0.2, 0.25) is 0 Å². The number of esters is 1. The largest absolute Gasteiger partial charge is 0.493 e. The van der Waals surface area contributed by atoms with Gasteiger partial charge in [-0.05, 0) is 45.0 Å². The minimum absolute atomic E-state index is 0.198. The first-order valence-corrected chi connectivity index (χ1v) is 10.2. The lowest BCUT2D eigenvalue weighted by Crippen LogP contribution is -2.27. The van der Waals surface area contributed by atoms with Gasteiger partial charge in [0, 0.05) is 28.5 Å². The molecule has 0 aliphatic heterocycles. The Morgan fingerprint density at radius 2 is 1.76 bits per heavy atom. The number of fused-ring (bicyclic) bond motifs is 2. The fourth-order valence-electron chi connectivity index (χ4n) is 3.44. The molecule has 0 spiro atoms. The highest BCUT2D eigenvalue weighted by Crippen LogP contribution is 2.31. The Morgan fingerprint density at radius 1 is 0.970 bits per heavy atom. The molecule has 0 bridgehead atoms. The Bertz CT molecular complexity index is 1470. The zero-order chi connectivity index (χ0) is 23.8. The van der Waals surface area contributed by atoms with E-state index in [1.807, 2.05) is 0 Å². The summed E-state index contributed by atoms with van der Waals surface area (Å²) in [5, 5.41) is 1.15. The smallest absolute Gasteiger partial charge is 0.344 e. The molecule has 0 amide bonds. The number of ether oxygens (including phenoxy) is 3. The van der Waals surface area contributed by atoms with Crippen LogP contribution in [0.1, 0.15) is 20.8 Å². The lowest BCUT2D eigenvalue weighted by Gasteiger charge is -2.19. The molecule has 0 N–H and O–H groups in total. The molecule has 170 valence electrons. The molecule has 0 fully saturated rings. The maximum Gasteiger partial charge on any atom is 0.344 e. The highest BCUT2D eigenvalue weighted by Gasteiger charge is 2.18. The summed E-state index contributed by atoms with van der Waals surface area (Å²) in [6, 6.07) is 12.9. The second kappa shape index (κ2) is 8.46. The van der Waals surface area contributed by atoms with Gasteiger partial charge in [0.25, 0.3) is 0 Å². The molecule has 33 heavy (non-hydrogen) atoms. The Hall–Kier alpha value is -4.07. The molecule has 4 rings (SSSR count). The van der Waals surface area contributed by atoms with Crippen molar-refractivity contribution in [2.24, 2.45) is 0 Å². The van der Waals surface area contributed by atoms with Crippen LogP contribution >= 0.6 is 0 Å². The lowest BCUT2D eigenvalue weighted by atomic mass is 10.0. The van der Waals surface area contributed by atoms with Crippen molar-refractivity contribution in [2.45, 2.75) is 26.4 Å². The number of hydrogen-bond acceptors (Lipinski definition) is 8. The summed E-state index contributed by atoms with van der Waals surface area (Å²) >= 11 is 0. The third-order valence-electron chi connectivity index (χ3n) is 4.73. The van der Waals surface area contributed by atoms with Gasteiger partial charge in [-0.2, -0.15) is 0 Å². The average Bonchev–Trinajstić information content (AvgIpc) is 2.75. The topological polar surface area (TPSA) is 105 Å². The van der Waals surface area contributed by atoms with Gasteiger partial charge in [-0.3, -0.25) is 0 Å². The van der Waals surface area contributed by atoms with Gasteiger partial charge in [0.2, 0.25) is 0 Å². The van der Waals surface area contributed by atoms with Gasteiger partial charge in [-0.1, -0.05) is 12.1 Å². The summed E-state index contributed by atoms with van der Waals surface area (Å²) in [6.07, 6.45) is 0. The third-order valence-corrected chi connectivity index (χ3v) is 4.73. The number of methoxy groups -OCH3 is 1. The quantitative estimate of drug-likeness (QED) is 0.327. The monoisotopic (exact) mass is 450 g/mol. The minimum Gasteiger partial charge on any atom is -0.493 e. The van der Waals surface area contributed by atoms with Gasteiger partial charge >= 0.3 is 17.2 Å². The molecule has 0 saturated carbocycles. The molecular weight excluding hydrogens is 428 g/mol. The summed E-state index contributed by atoms with van der Waals surface area (Å²) in [6.45, 7) is 4.98. The van der Waals surface area contributed by atoms with Crippen LogP contribution in [-0.2, 0) is 9.53 Å². The van der Waals surface area contributed by atoms with Crippen LogP contribution in [0.25, 0.3) is 33.1 Å². The van der Waals surface area contributed by atoms with Crippen molar-refractivity contribution in [3.05, 3.63) is 69.4 Å². The summed E-state index contributed by atoms with van der Waals surface area (Å²) < 4.78 is 26.8. The Balaban J connectivity index is 1.74. The van der Waals surface area contributed by atoms with Crippen LogP contribution in [0.4, 0.5) is 0 Å². The van der Waals surface area contributed by atoms with E-state index in [4.69, 9.17) is 23.0 Å². The van der Waals surface area contributed by atoms with Crippen LogP contribution < -0.4 is 20.7 Å². The van der Waals surface area contributed by atoms with Crippen LogP contribution in [0, 0.1) is 0 Å². The van der Waals surface area contributed by atoms with E-state index in [-0.39, 0.29) is 17.8 Å². The molecule has 0 radical (unpaired) electrons. The van der Waals surface area contributed by atoms with Crippen molar-refractivity contribution in [2.75, 3.05) is 13.7 Å². The normalized spacial score (nSPS) is 11.5. The molecule has 2 aromatic carbocycles. The standard InChI is InChI=1S/C25H22O8/c1-25(2,3)33-22(27)13-30-15-8-9-16-17(12-21(26)31-20(16)11-15)18-10-14-6-5-7-19(29-4)23(14)32-24(18)28/h5-12H,13H2,1-4H3. The van der Waals surface area contributed by atoms with Gasteiger partial charge in [0.05, 0.1) is 12.7 Å². The molecule has 0 aliphatic carbocycles. The van der Waals surface area contributed by atoms with E-state index in [0.29, 0.717) is 33.4 Å². The van der Waals surface area contributed by atoms with Crippen molar-refractivity contribution in [1.82, 2.24) is 0 Å². The molecule has 8 nitrogen and oxygen atoms in total. The number of rotatable bonds is 5. The summed E-state index contributed by atoms with van der Waals surface area (Å²) in [4.78, 5) is 36.9. The molecule has 0 saturated heterocycles. The highest BCUT2D eigenvalue weighted by atomic mass is 16.6. The molecule has 2 aromatic heterocycles. The zero-order valence-electron chi connectivity index (χ0n) is 18.6. The van der Waals surface area contributed by atoms with E-state index < -0.39 is 22.8 Å². The number of benzene rings is 2.